The number of methoxy groups -OCH3 is 1. The zero-order valence-corrected chi connectivity index (χ0v) is 16.3. The number of hydrogen-bond acceptors (Lipinski definition) is 7. The number of pyridine rings is 1. The molecule has 3 aromatic rings. The molecule has 0 radical (unpaired) electrons. The van der Waals surface area contributed by atoms with Gasteiger partial charge in [-0.25, -0.2) is 0 Å². The number of rotatable bonds is 6. The van der Waals surface area contributed by atoms with Crippen LogP contribution in [-0.2, 0) is 0 Å². The number of benzene rings is 2. The van der Waals surface area contributed by atoms with Crippen molar-refractivity contribution in [3.63, 3.8) is 0 Å². The molecule has 31 heavy (non-hydrogen) atoms. The lowest BCUT2D eigenvalue weighted by Gasteiger charge is -2.11. The number of nitrogens with two attached hydrogens (primary N) is 1. The Kier molecular flexibility index (Phi) is 6.31. The second-order valence-electron chi connectivity index (χ2n) is 6.16. The van der Waals surface area contributed by atoms with Gasteiger partial charge in [-0.1, -0.05) is 6.07 Å². The first-order chi connectivity index (χ1) is 14.9. The van der Waals surface area contributed by atoms with Gasteiger partial charge in [0.05, 0.1) is 12.7 Å². The van der Waals surface area contributed by atoms with Crippen molar-refractivity contribution in [2.45, 2.75) is 0 Å². The molecule has 0 saturated carbocycles. The normalized spacial score (nSPS) is 10.1. The molecule has 10 nitrogen and oxygen atoms in total. The first-order valence-electron chi connectivity index (χ1n) is 8.89. The van der Waals surface area contributed by atoms with Gasteiger partial charge in [0.2, 0.25) is 0 Å². The Balaban J connectivity index is 1.68. The van der Waals surface area contributed by atoms with Gasteiger partial charge in [-0.15, -0.1) is 0 Å². The number of amides is 3. The number of nitrogens with zero attached hydrogens (tertiary/aromatic N) is 1. The number of carbonyl (C=O) groups is 3. The lowest BCUT2D eigenvalue weighted by Crippen LogP contribution is -2.41. The van der Waals surface area contributed by atoms with E-state index in [0.29, 0.717) is 11.5 Å². The quantitative estimate of drug-likeness (QED) is 0.442. The van der Waals surface area contributed by atoms with Crippen molar-refractivity contribution < 1.29 is 29.0 Å². The highest BCUT2D eigenvalue weighted by Crippen LogP contribution is 2.24. The summed E-state index contributed by atoms with van der Waals surface area (Å²) in [4.78, 5) is 39.8. The average molecular weight is 422 g/mol. The minimum absolute atomic E-state index is 0.0384. The fraction of sp³-hybridized carbons (Fsp3) is 0.0476. The molecule has 0 atom stereocenters. The Morgan fingerprint density at radius 3 is 2.45 bits per heavy atom. The minimum atomic E-state index is -0.697. The Labute approximate surface area is 176 Å². The van der Waals surface area contributed by atoms with Crippen molar-refractivity contribution >= 4 is 17.7 Å². The molecule has 1 heterocycles. The lowest BCUT2D eigenvalue weighted by molar-refractivity contribution is 0.0844. The predicted molar refractivity (Wildman–Crippen MR) is 109 cm³/mol. The summed E-state index contributed by atoms with van der Waals surface area (Å²) in [6, 6.07) is 13.1. The van der Waals surface area contributed by atoms with E-state index >= 15 is 0 Å². The number of phenolic OH excluding ortho intramolecular Hbond substituents is 1. The van der Waals surface area contributed by atoms with Crippen molar-refractivity contribution in [2.24, 2.45) is 5.73 Å². The molecular weight excluding hydrogens is 404 g/mol. The third-order valence-electron chi connectivity index (χ3n) is 4.03. The molecule has 0 spiro atoms. The zero-order valence-electron chi connectivity index (χ0n) is 16.3. The molecule has 10 heteroatoms. The topological polar surface area (TPSA) is 153 Å². The van der Waals surface area contributed by atoms with Crippen LogP contribution in [0.1, 0.15) is 31.2 Å². The summed E-state index contributed by atoms with van der Waals surface area (Å²) in [6.07, 6.45) is 1.37. The van der Waals surface area contributed by atoms with E-state index in [-0.39, 0.29) is 28.3 Å². The zero-order chi connectivity index (χ0) is 22.4. The van der Waals surface area contributed by atoms with Crippen molar-refractivity contribution in [3.05, 3.63) is 77.6 Å². The second kappa shape index (κ2) is 9.27. The summed E-state index contributed by atoms with van der Waals surface area (Å²) in [6.45, 7) is 0. The van der Waals surface area contributed by atoms with Gasteiger partial charge < -0.3 is 20.3 Å². The SMILES string of the molecule is COc1ccc(O)cc1C(=O)NNC(=O)c1cccc(Oc2ccnc(C(N)=O)c2)c1. The van der Waals surface area contributed by atoms with Gasteiger partial charge in [-0.05, 0) is 42.5 Å². The molecule has 158 valence electrons. The molecular formula is C21H18N4O6. The lowest BCUT2D eigenvalue weighted by atomic mass is 10.2. The van der Waals surface area contributed by atoms with Gasteiger partial charge in [-0.2, -0.15) is 0 Å². The van der Waals surface area contributed by atoms with Crippen LogP contribution in [0.25, 0.3) is 0 Å². The van der Waals surface area contributed by atoms with Gasteiger partial charge in [0, 0.05) is 17.8 Å². The number of aromatic nitrogens is 1. The van der Waals surface area contributed by atoms with Crippen LogP contribution in [-0.4, -0.2) is 34.9 Å². The fourth-order valence-corrected chi connectivity index (χ4v) is 2.57. The van der Waals surface area contributed by atoms with Crippen LogP contribution >= 0.6 is 0 Å². The molecule has 1 aromatic heterocycles. The van der Waals surface area contributed by atoms with Crippen LogP contribution in [0.15, 0.2) is 60.8 Å². The fourth-order valence-electron chi connectivity index (χ4n) is 2.57. The van der Waals surface area contributed by atoms with Crippen LogP contribution in [0, 0.1) is 0 Å². The van der Waals surface area contributed by atoms with Gasteiger partial charge in [0.1, 0.15) is 28.7 Å². The van der Waals surface area contributed by atoms with Gasteiger partial charge >= 0.3 is 0 Å². The molecule has 3 rings (SSSR count). The van der Waals surface area contributed by atoms with Gasteiger partial charge in [-0.3, -0.25) is 30.2 Å². The van der Waals surface area contributed by atoms with Crippen LogP contribution in [0.2, 0.25) is 0 Å². The van der Waals surface area contributed by atoms with E-state index < -0.39 is 17.7 Å². The highest BCUT2D eigenvalue weighted by Gasteiger charge is 2.15. The van der Waals surface area contributed by atoms with Crippen molar-refractivity contribution in [1.82, 2.24) is 15.8 Å². The average Bonchev–Trinajstić information content (AvgIpc) is 2.77. The number of carbonyl (C=O) groups excluding carboxylic acids is 3. The highest BCUT2D eigenvalue weighted by atomic mass is 16.5. The first kappa shape index (κ1) is 21.1. The Morgan fingerprint density at radius 2 is 1.71 bits per heavy atom. The van der Waals surface area contributed by atoms with Crippen LogP contribution in [0.5, 0.6) is 23.0 Å². The third-order valence-corrected chi connectivity index (χ3v) is 4.03. The van der Waals surface area contributed by atoms with Gasteiger partial charge in [0.15, 0.2) is 0 Å². The number of aromatic hydroxyl groups is 1. The maximum Gasteiger partial charge on any atom is 0.273 e. The molecule has 2 aromatic carbocycles. The summed E-state index contributed by atoms with van der Waals surface area (Å²) >= 11 is 0. The molecule has 0 bridgehead atoms. The standard InChI is InChI=1S/C21H18N4O6/c1-30-18-6-5-13(26)10-16(18)21(29)25-24-20(28)12-3-2-4-14(9-12)31-15-7-8-23-17(11-15)19(22)27/h2-11,26H,1H3,(H2,22,27)(H,24,28)(H,25,29). The first-order valence-corrected chi connectivity index (χ1v) is 8.89. The molecule has 0 aliphatic rings. The number of phenols is 1. The Hall–Kier alpha value is -4.60. The molecule has 0 unspecified atom stereocenters. The smallest absolute Gasteiger partial charge is 0.273 e. The van der Waals surface area contributed by atoms with E-state index in [9.17, 15) is 19.5 Å². The van der Waals surface area contributed by atoms with E-state index in [0.717, 1.165) is 0 Å². The Morgan fingerprint density at radius 1 is 0.968 bits per heavy atom. The molecule has 3 amide bonds. The summed E-state index contributed by atoms with van der Waals surface area (Å²) in [7, 11) is 1.38. The third kappa shape index (κ3) is 5.26. The van der Waals surface area contributed by atoms with Crippen LogP contribution in [0.3, 0.4) is 0 Å². The summed E-state index contributed by atoms with van der Waals surface area (Å²) in [5.41, 5.74) is 10.0. The van der Waals surface area contributed by atoms with Crippen LogP contribution < -0.4 is 26.1 Å². The number of nitrogens with one attached hydrogen (secondary N) is 2. The van der Waals surface area contributed by atoms with Crippen molar-refractivity contribution in [3.8, 4) is 23.0 Å². The number of hydrogen-bond donors (Lipinski definition) is 4. The number of ether oxygens (including phenoxy) is 2. The van der Waals surface area contributed by atoms with Crippen molar-refractivity contribution in [1.29, 1.82) is 0 Å². The Bertz CT molecular complexity index is 1150. The van der Waals surface area contributed by atoms with E-state index in [4.69, 9.17) is 15.2 Å². The monoisotopic (exact) mass is 422 g/mol. The maximum absolute atomic E-state index is 12.4. The highest BCUT2D eigenvalue weighted by molar-refractivity contribution is 6.00. The molecule has 0 fully saturated rings. The van der Waals surface area contributed by atoms with Gasteiger partial charge in [0.25, 0.3) is 17.7 Å². The number of hydrazine groups is 1. The van der Waals surface area contributed by atoms with Crippen LogP contribution in [0.4, 0.5) is 0 Å². The molecule has 0 saturated heterocycles. The summed E-state index contributed by atoms with van der Waals surface area (Å²) in [5.74, 6) is -1.25. The molecule has 0 aliphatic heterocycles. The summed E-state index contributed by atoms with van der Waals surface area (Å²) in [5, 5.41) is 9.57. The van der Waals surface area contributed by atoms with Crippen molar-refractivity contribution in [2.75, 3.05) is 7.11 Å². The van der Waals surface area contributed by atoms with E-state index in [2.05, 4.69) is 15.8 Å². The largest absolute Gasteiger partial charge is 0.508 e. The minimum Gasteiger partial charge on any atom is -0.508 e. The van der Waals surface area contributed by atoms with E-state index in [1.807, 2.05) is 0 Å². The maximum atomic E-state index is 12.4. The van der Waals surface area contributed by atoms with E-state index in [1.165, 1.54) is 55.8 Å². The van der Waals surface area contributed by atoms with E-state index in [1.54, 1.807) is 12.1 Å². The molecule has 0 aliphatic carbocycles. The molecule has 5 N–H and O–H groups in total. The predicted octanol–water partition coefficient (Wildman–Crippen LogP) is 1.76. The summed E-state index contributed by atoms with van der Waals surface area (Å²) < 4.78 is 10.7. The second-order valence-corrected chi connectivity index (χ2v) is 6.16. The number of primary amides is 1.